The number of nitrogens with one attached hydrogen (secondary N) is 2. The van der Waals surface area contributed by atoms with Gasteiger partial charge in [-0.2, -0.15) is 5.26 Å². The Balaban J connectivity index is 1.88. The second-order valence-electron chi connectivity index (χ2n) is 6.99. The van der Waals surface area contributed by atoms with Gasteiger partial charge in [-0.25, -0.2) is 0 Å². The van der Waals surface area contributed by atoms with Crippen LogP contribution in [-0.2, 0) is 11.8 Å². The van der Waals surface area contributed by atoms with Crippen LogP contribution in [-0.4, -0.2) is 11.2 Å². The summed E-state index contributed by atoms with van der Waals surface area (Å²) < 4.78 is 0. The average Bonchev–Trinajstić information content (AvgIpc) is 2.57. The maximum Gasteiger partial charge on any atom is 0.170 e. The van der Waals surface area contributed by atoms with E-state index in [0.717, 1.165) is 17.7 Å². The number of hydrogen-bond donors (Lipinski definition) is 2. The molecule has 0 saturated carbocycles. The van der Waals surface area contributed by atoms with Crippen LogP contribution in [0.4, 0.5) is 5.69 Å². The molecule has 0 fully saturated rings. The number of anilines is 1. The van der Waals surface area contributed by atoms with Gasteiger partial charge in [0.1, 0.15) is 0 Å². The zero-order valence-electron chi connectivity index (χ0n) is 15.0. The molecule has 25 heavy (non-hydrogen) atoms. The Morgan fingerprint density at radius 3 is 2.36 bits per heavy atom. The fourth-order valence-electron chi connectivity index (χ4n) is 3.01. The van der Waals surface area contributed by atoms with E-state index in [1.54, 1.807) is 0 Å². The van der Waals surface area contributed by atoms with Crippen molar-refractivity contribution in [2.75, 3.05) is 5.32 Å². The molecule has 0 spiro atoms. The molecule has 0 aliphatic carbocycles. The largest absolute Gasteiger partial charge is 0.360 e. The molecule has 0 heterocycles. The first kappa shape index (κ1) is 19.0. The first-order valence-corrected chi connectivity index (χ1v) is 8.90. The van der Waals surface area contributed by atoms with Gasteiger partial charge in [0.2, 0.25) is 0 Å². The second-order valence-corrected chi connectivity index (χ2v) is 7.39. The van der Waals surface area contributed by atoms with Gasteiger partial charge < -0.3 is 10.6 Å². The summed E-state index contributed by atoms with van der Waals surface area (Å²) >= 11 is 5.43. The smallest absolute Gasteiger partial charge is 0.170 e. The van der Waals surface area contributed by atoms with E-state index in [-0.39, 0.29) is 11.5 Å². The number of hydrogen-bond acceptors (Lipinski definition) is 2. The maximum absolute atomic E-state index is 8.71. The molecule has 0 aromatic heterocycles. The lowest BCUT2D eigenvalue weighted by molar-refractivity contribution is 0.420. The van der Waals surface area contributed by atoms with Gasteiger partial charge in [0.15, 0.2) is 5.11 Å². The van der Waals surface area contributed by atoms with E-state index in [1.165, 1.54) is 5.56 Å². The van der Waals surface area contributed by atoms with Gasteiger partial charge in [-0.1, -0.05) is 56.3 Å². The Bertz CT molecular complexity index is 730. The molecule has 4 heteroatoms. The Kier molecular flexibility index (Phi) is 6.55. The van der Waals surface area contributed by atoms with Crippen LogP contribution >= 0.6 is 12.2 Å². The molecule has 0 radical (unpaired) electrons. The predicted molar refractivity (Wildman–Crippen MR) is 109 cm³/mol. The highest BCUT2D eigenvalue weighted by Gasteiger charge is 2.23. The summed E-state index contributed by atoms with van der Waals surface area (Å²) in [5.41, 5.74) is 3.33. The molecule has 130 valence electrons. The number of thiocarbonyl (C=S) groups is 1. The summed E-state index contributed by atoms with van der Waals surface area (Å²) in [6.07, 6.45) is 1.40. The minimum Gasteiger partial charge on any atom is -0.360 e. The summed E-state index contributed by atoms with van der Waals surface area (Å²) in [7, 11) is 0. The van der Waals surface area contributed by atoms with Crippen molar-refractivity contribution in [3.05, 3.63) is 65.7 Å². The van der Waals surface area contributed by atoms with Crippen molar-refractivity contribution < 1.29 is 0 Å². The monoisotopic (exact) mass is 351 g/mol. The van der Waals surface area contributed by atoms with E-state index < -0.39 is 0 Å². The molecular formula is C21H25N3S. The maximum atomic E-state index is 8.71. The van der Waals surface area contributed by atoms with Crippen molar-refractivity contribution in [1.29, 1.82) is 5.26 Å². The van der Waals surface area contributed by atoms with Gasteiger partial charge >= 0.3 is 0 Å². The third kappa shape index (κ3) is 5.88. The zero-order valence-corrected chi connectivity index (χ0v) is 15.9. The lowest BCUT2D eigenvalue weighted by atomic mass is 9.79. The first-order chi connectivity index (χ1) is 11.9. The van der Waals surface area contributed by atoms with Gasteiger partial charge in [0, 0.05) is 11.7 Å². The van der Waals surface area contributed by atoms with E-state index >= 15 is 0 Å². The fourth-order valence-corrected chi connectivity index (χ4v) is 3.33. The van der Waals surface area contributed by atoms with Crippen molar-refractivity contribution >= 4 is 23.0 Å². The molecule has 3 nitrogen and oxygen atoms in total. The van der Waals surface area contributed by atoms with Gasteiger partial charge in [0.05, 0.1) is 12.5 Å². The molecule has 2 aromatic rings. The Hall–Kier alpha value is -2.38. The van der Waals surface area contributed by atoms with Crippen LogP contribution in [0.25, 0.3) is 0 Å². The lowest BCUT2D eigenvalue weighted by Gasteiger charge is -2.29. The number of nitrogens with zero attached hydrogens (tertiary/aromatic N) is 1. The average molecular weight is 352 g/mol. The molecule has 1 atom stereocenters. The van der Waals surface area contributed by atoms with Crippen molar-refractivity contribution in [3.63, 3.8) is 0 Å². The predicted octanol–water partition coefficient (Wildman–Crippen LogP) is 4.80. The summed E-state index contributed by atoms with van der Waals surface area (Å²) in [6.45, 7) is 6.66. The van der Waals surface area contributed by atoms with Gasteiger partial charge in [0.25, 0.3) is 0 Å². The minimum absolute atomic E-state index is 0.0717. The quantitative estimate of drug-likeness (QED) is 0.734. The molecule has 0 amide bonds. The first-order valence-electron chi connectivity index (χ1n) is 8.49. The van der Waals surface area contributed by atoms with Crippen LogP contribution in [0.15, 0.2) is 54.6 Å². The summed E-state index contributed by atoms with van der Waals surface area (Å²) in [4.78, 5) is 0. The SMILES string of the molecule is CC(CC(C)(C)c1ccccc1)NC(=S)Nc1ccc(CC#N)cc1. The normalized spacial score (nSPS) is 12.1. The molecule has 0 aliphatic heterocycles. The third-order valence-electron chi connectivity index (χ3n) is 4.24. The second kappa shape index (κ2) is 8.64. The molecule has 2 N–H and O–H groups in total. The van der Waals surface area contributed by atoms with Gasteiger partial charge in [-0.3, -0.25) is 0 Å². The van der Waals surface area contributed by atoms with Crippen LogP contribution in [0.2, 0.25) is 0 Å². The highest BCUT2D eigenvalue weighted by Crippen LogP contribution is 2.28. The number of rotatable bonds is 6. The van der Waals surface area contributed by atoms with Crippen molar-refractivity contribution in [2.45, 2.75) is 45.1 Å². The Morgan fingerprint density at radius 2 is 1.76 bits per heavy atom. The zero-order chi connectivity index (χ0) is 18.3. The number of nitriles is 1. The molecular weight excluding hydrogens is 326 g/mol. The van der Waals surface area contributed by atoms with E-state index in [9.17, 15) is 0 Å². The van der Waals surface area contributed by atoms with Crippen LogP contribution in [0.5, 0.6) is 0 Å². The van der Waals surface area contributed by atoms with Crippen molar-refractivity contribution in [3.8, 4) is 6.07 Å². The van der Waals surface area contributed by atoms with E-state index in [4.69, 9.17) is 17.5 Å². The van der Waals surface area contributed by atoms with Crippen LogP contribution < -0.4 is 10.6 Å². The molecule has 2 rings (SSSR count). The van der Waals surface area contributed by atoms with Crippen LogP contribution in [0, 0.1) is 11.3 Å². The topological polar surface area (TPSA) is 47.8 Å². The van der Waals surface area contributed by atoms with Crippen molar-refractivity contribution in [2.24, 2.45) is 0 Å². The summed E-state index contributed by atoms with van der Waals surface area (Å²) in [5, 5.41) is 15.9. The van der Waals surface area contributed by atoms with Crippen LogP contribution in [0.3, 0.4) is 0 Å². The van der Waals surface area contributed by atoms with Gasteiger partial charge in [-0.05, 0) is 54.2 Å². The standard InChI is InChI=1S/C21H25N3S/c1-16(15-21(2,3)18-7-5-4-6-8-18)23-20(25)24-19-11-9-17(10-12-19)13-14-22/h4-12,16H,13,15H2,1-3H3,(H2,23,24,25). The molecule has 2 aromatic carbocycles. The van der Waals surface area contributed by atoms with Crippen LogP contribution in [0.1, 0.15) is 38.3 Å². The molecule has 0 bridgehead atoms. The fraction of sp³-hybridized carbons (Fsp3) is 0.333. The summed E-state index contributed by atoms with van der Waals surface area (Å²) in [6, 6.07) is 20.7. The highest BCUT2D eigenvalue weighted by molar-refractivity contribution is 7.80. The van der Waals surface area contributed by atoms with E-state index in [1.807, 2.05) is 30.3 Å². The lowest BCUT2D eigenvalue weighted by Crippen LogP contribution is -2.39. The van der Waals surface area contributed by atoms with E-state index in [0.29, 0.717) is 11.5 Å². The Morgan fingerprint density at radius 1 is 1.12 bits per heavy atom. The Labute approximate surface area is 156 Å². The van der Waals surface area contributed by atoms with Gasteiger partial charge in [-0.15, -0.1) is 0 Å². The van der Waals surface area contributed by atoms with E-state index in [2.05, 4.69) is 61.7 Å². The molecule has 1 unspecified atom stereocenters. The molecule has 0 aliphatic rings. The highest BCUT2D eigenvalue weighted by atomic mass is 32.1. The third-order valence-corrected chi connectivity index (χ3v) is 4.46. The minimum atomic E-state index is 0.0717. The van der Waals surface area contributed by atoms with Crippen molar-refractivity contribution in [1.82, 2.24) is 5.32 Å². The molecule has 0 saturated heterocycles. The summed E-state index contributed by atoms with van der Waals surface area (Å²) in [5.74, 6) is 0. The number of benzene rings is 2.